The van der Waals surface area contributed by atoms with Crippen molar-refractivity contribution in [3.8, 4) is 0 Å². The molecule has 4 saturated carbocycles. The van der Waals surface area contributed by atoms with Gasteiger partial charge in [0.25, 0.3) is 0 Å². The monoisotopic (exact) mass is 1030 g/mol. The average molecular weight is 1030 g/mol. The number of allylic oxidation sites excluding steroid dienone is 2. The molecule has 0 aromatic carbocycles. The summed E-state index contributed by atoms with van der Waals surface area (Å²) in [4.78, 5) is 13.2. The predicted molar refractivity (Wildman–Crippen MR) is 250 cm³/mol. The highest BCUT2D eigenvalue weighted by Gasteiger charge is 2.70. The Balaban J connectivity index is 0.979. The van der Waals surface area contributed by atoms with Gasteiger partial charge < -0.3 is 94.1 Å². The van der Waals surface area contributed by atoms with Crippen LogP contribution in [0.15, 0.2) is 11.6 Å². The quantitative estimate of drug-likeness (QED) is 0.0953. The zero-order valence-corrected chi connectivity index (χ0v) is 43.1. The number of carboxylic acid groups (broad SMARTS) is 1. The lowest BCUT2D eigenvalue weighted by Gasteiger charge is -2.71. The van der Waals surface area contributed by atoms with Gasteiger partial charge in [-0.25, -0.2) is 0 Å². The molecule has 0 unspecified atom stereocenters. The highest BCUT2D eigenvalue weighted by Crippen LogP contribution is 2.76. The van der Waals surface area contributed by atoms with Gasteiger partial charge in [-0.15, -0.1) is 0 Å². The molecule has 0 bridgehead atoms. The average Bonchev–Trinajstić information content (AvgIpc) is 3.76. The number of hydrogen-bond donors (Lipinski definition) is 11. The molecule has 5 aliphatic carbocycles. The number of aliphatic hydroxyl groups excluding tert-OH is 10. The molecule has 0 radical (unpaired) electrons. The minimum absolute atomic E-state index is 0.00674. The molecule has 0 aromatic rings. The lowest BCUT2D eigenvalue weighted by molar-refractivity contribution is -0.389. The van der Waals surface area contributed by atoms with E-state index < -0.39 is 153 Å². The van der Waals surface area contributed by atoms with Gasteiger partial charge in [0, 0.05) is 0 Å². The van der Waals surface area contributed by atoms with Gasteiger partial charge >= 0.3 is 5.97 Å². The van der Waals surface area contributed by atoms with E-state index in [0.29, 0.717) is 25.2 Å². The van der Waals surface area contributed by atoms with E-state index in [2.05, 4.69) is 54.5 Å². The first-order chi connectivity index (χ1) is 33.7. The molecule has 26 atom stereocenters. The van der Waals surface area contributed by atoms with E-state index in [1.807, 2.05) is 0 Å². The molecule has 9 aliphatic rings. The Hall–Kier alpha value is -1.51. The maximum absolute atomic E-state index is 13.2. The highest BCUT2D eigenvalue weighted by molar-refractivity contribution is 5.76. The fraction of sp³-hybridized carbons (Fsp3) is 0.942. The van der Waals surface area contributed by atoms with Crippen LogP contribution in [0.5, 0.6) is 0 Å². The Morgan fingerprint density at radius 3 is 1.69 bits per heavy atom. The van der Waals surface area contributed by atoms with E-state index in [9.17, 15) is 61.0 Å². The third-order valence-electron chi connectivity index (χ3n) is 20.8. The summed E-state index contributed by atoms with van der Waals surface area (Å²) < 4.78 is 49.1. The first-order valence-electron chi connectivity index (χ1n) is 26.5. The summed E-state index contributed by atoms with van der Waals surface area (Å²) in [6, 6.07) is 0. The van der Waals surface area contributed by atoms with Crippen molar-refractivity contribution in [3.05, 3.63) is 11.6 Å². The summed E-state index contributed by atoms with van der Waals surface area (Å²) in [5.41, 5.74) is -0.260. The smallest absolute Gasteiger partial charge is 0.310 e. The Labute approximate surface area is 421 Å². The normalized spacial score (nSPS) is 53.9. The van der Waals surface area contributed by atoms with Crippen LogP contribution >= 0.6 is 0 Å². The largest absolute Gasteiger partial charge is 0.481 e. The molecule has 20 heteroatoms. The van der Waals surface area contributed by atoms with Gasteiger partial charge in [0.2, 0.25) is 0 Å². The van der Waals surface area contributed by atoms with Crippen LogP contribution in [0.25, 0.3) is 0 Å². The van der Waals surface area contributed by atoms with Crippen molar-refractivity contribution >= 4 is 5.97 Å². The van der Waals surface area contributed by atoms with Gasteiger partial charge in [-0.2, -0.15) is 0 Å². The van der Waals surface area contributed by atoms with Gasteiger partial charge in [-0.1, -0.05) is 60.1 Å². The molecule has 9 rings (SSSR count). The van der Waals surface area contributed by atoms with E-state index in [4.69, 9.17) is 37.9 Å². The van der Waals surface area contributed by atoms with E-state index in [1.54, 1.807) is 0 Å². The van der Waals surface area contributed by atoms with Crippen molar-refractivity contribution < 1.29 is 98.9 Å². The molecule has 72 heavy (non-hydrogen) atoms. The number of aliphatic carboxylic acids is 1. The van der Waals surface area contributed by atoms with Crippen molar-refractivity contribution in [2.24, 2.45) is 50.2 Å². The Bertz CT molecular complexity index is 1990. The molecular formula is C52H84O20. The van der Waals surface area contributed by atoms with Crippen LogP contribution in [0.3, 0.4) is 0 Å². The molecule has 20 nitrogen and oxygen atoms in total. The fourth-order valence-corrected chi connectivity index (χ4v) is 16.1. The number of hydrogen-bond acceptors (Lipinski definition) is 19. The Morgan fingerprint density at radius 1 is 0.583 bits per heavy atom. The van der Waals surface area contributed by atoms with E-state index in [1.165, 1.54) is 12.5 Å². The van der Waals surface area contributed by atoms with Crippen LogP contribution in [0.1, 0.15) is 120 Å². The minimum Gasteiger partial charge on any atom is -0.481 e. The topological polar surface area (TPSA) is 313 Å². The molecule has 4 saturated heterocycles. The number of ether oxygens (including phenoxy) is 8. The number of rotatable bonds is 12. The first kappa shape index (κ1) is 55.3. The fourth-order valence-electron chi connectivity index (χ4n) is 16.1. The molecule has 4 aliphatic heterocycles. The first-order valence-corrected chi connectivity index (χ1v) is 26.5. The van der Waals surface area contributed by atoms with E-state index >= 15 is 0 Å². The van der Waals surface area contributed by atoms with Crippen LogP contribution in [-0.2, 0) is 42.7 Å². The molecule has 0 aromatic heterocycles. The summed E-state index contributed by atoms with van der Waals surface area (Å²) in [6.07, 6.45) is -17.7. The van der Waals surface area contributed by atoms with Crippen LogP contribution in [-0.4, -0.2) is 199 Å². The van der Waals surface area contributed by atoms with Gasteiger partial charge in [0.15, 0.2) is 25.2 Å². The number of carboxylic acids is 1. The predicted octanol–water partition coefficient (Wildman–Crippen LogP) is 0.836. The van der Waals surface area contributed by atoms with Gasteiger partial charge in [-0.05, 0) is 116 Å². The van der Waals surface area contributed by atoms with Gasteiger partial charge in [0.1, 0.15) is 79.4 Å². The Morgan fingerprint density at radius 2 is 1.12 bits per heavy atom. The van der Waals surface area contributed by atoms with Crippen LogP contribution in [0.2, 0.25) is 0 Å². The second-order valence-electron chi connectivity index (χ2n) is 25.3. The number of carbonyl (C=O) groups is 1. The lowest BCUT2D eigenvalue weighted by atomic mass is 9.33. The maximum atomic E-state index is 13.2. The van der Waals surface area contributed by atoms with Crippen LogP contribution in [0, 0.1) is 50.2 Å². The summed E-state index contributed by atoms with van der Waals surface area (Å²) in [7, 11) is 0. The van der Waals surface area contributed by atoms with E-state index in [0.717, 1.165) is 44.9 Å². The van der Waals surface area contributed by atoms with Crippen LogP contribution < -0.4 is 0 Å². The van der Waals surface area contributed by atoms with Gasteiger partial charge in [-0.3, -0.25) is 4.79 Å². The second-order valence-corrected chi connectivity index (χ2v) is 25.3. The molecule has 4 heterocycles. The standard InChI is InChI=1S/C52H84O20/c1-23-32(56)35(59)40(71-42-36(60)33(57)26(20-53)66-42)44(65-23)70-39-28(22-55)68-45(41(38(39)62)72-43-37(61)34(58)27(21-54)67-43)69-31-12-13-49(6)29(48(31,4)5)11-14-51(8)30(49)10-9-24-25-19-47(2,3)15-17-52(25,46(63)64)18-16-50(24,51)7/h9,23,25-45,53-62H,10-22H2,1-8H3,(H,63,64)/t23-,25-,26-,27-,28+,29-,30+,31-,32-,33-,34-,35+,36+,37+,38-,39+,40+,41+,42-,43-,44-,45-,49-,50+,51+,52-/m0/s1. The third-order valence-corrected chi connectivity index (χ3v) is 20.8. The lowest BCUT2D eigenvalue weighted by Crippen LogP contribution is -2.67. The van der Waals surface area contributed by atoms with E-state index in [-0.39, 0.29) is 33.5 Å². The number of aliphatic hydroxyl groups is 10. The summed E-state index contributed by atoms with van der Waals surface area (Å²) in [5, 5.41) is 119. The summed E-state index contributed by atoms with van der Waals surface area (Å²) in [6.45, 7) is 15.6. The molecule has 0 amide bonds. The third kappa shape index (κ3) is 8.69. The van der Waals surface area contributed by atoms with Crippen molar-refractivity contribution in [2.45, 2.75) is 236 Å². The molecular weight excluding hydrogens is 945 g/mol. The Kier molecular flexibility index (Phi) is 15.2. The SMILES string of the molecule is C[C@@H]1O[C@@H](O[C@H]2[C@H](O)[C@@H](O[C@@H]3O[C@@H](CO)[C@H](O)[C@H]3O)[C@H](O[C@H]3CC[C@]4(C)[C@H]5CC=C6[C@@H]7CC(C)(C)CC[C@]7(C(=O)O)CC[C@@]6(C)[C@]5(C)CC[C@H]4C3(C)C)O[C@@H]2CO)[C@H](O[C@@H]2O[C@@H](CO)[C@H](O)[C@H]2O)[C@H](O)[C@H]1O. The zero-order chi connectivity index (χ0) is 52.4. The minimum atomic E-state index is -1.79. The van der Waals surface area contributed by atoms with Gasteiger partial charge in [0.05, 0.1) is 37.4 Å². The maximum Gasteiger partial charge on any atom is 0.310 e. The van der Waals surface area contributed by atoms with Crippen LogP contribution in [0.4, 0.5) is 0 Å². The van der Waals surface area contributed by atoms with Crippen molar-refractivity contribution in [3.63, 3.8) is 0 Å². The molecule has 412 valence electrons. The van der Waals surface area contributed by atoms with Crippen molar-refractivity contribution in [1.82, 2.24) is 0 Å². The van der Waals surface area contributed by atoms with Crippen molar-refractivity contribution in [1.29, 1.82) is 0 Å². The molecule has 0 spiro atoms. The molecule has 8 fully saturated rings. The summed E-state index contributed by atoms with van der Waals surface area (Å²) in [5.74, 6) is -0.227. The molecule has 11 N–H and O–H groups in total. The zero-order valence-electron chi connectivity index (χ0n) is 43.1. The highest BCUT2D eigenvalue weighted by atomic mass is 16.8. The second kappa shape index (κ2) is 19.7. The van der Waals surface area contributed by atoms with Crippen molar-refractivity contribution in [2.75, 3.05) is 19.8 Å². The summed E-state index contributed by atoms with van der Waals surface area (Å²) >= 11 is 0. The number of fused-ring (bicyclic) bond motifs is 7.